The number of rotatable bonds is 7. The first kappa shape index (κ1) is 21.2. The highest BCUT2D eigenvalue weighted by atomic mass is 16.5. The smallest absolute Gasteiger partial charge is 0.134 e. The van der Waals surface area contributed by atoms with Crippen molar-refractivity contribution in [1.82, 2.24) is 14.8 Å². The molecule has 2 aliphatic rings. The number of aromatic hydroxyl groups is 1. The maximum atomic E-state index is 10.6. The van der Waals surface area contributed by atoms with Gasteiger partial charge in [0.25, 0.3) is 0 Å². The van der Waals surface area contributed by atoms with Gasteiger partial charge in [0.05, 0.1) is 25.5 Å². The van der Waals surface area contributed by atoms with Crippen LogP contribution >= 0.6 is 0 Å². The van der Waals surface area contributed by atoms with Gasteiger partial charge < -0.3 is 19.7 Å². The summed E-state index contributed by atoms with van der Waals surface area (Å²) in [4.78, 5) is 8.90. The van der Waals surface area contributed by atoms with Crippen LogP contribution in [0.25, 0.3) is 21.9 Å². The highest BCUT2D eigenvalue weighted by Crippen LogP contribution is 2.34. The van der Waals surface area contributed by atoms with Crippen LogP contribution < -0.4 is 4.74 Å². The molecule has 3 heterocycles. The first-order chi connectivity index (χ1) is 15.7. The fourth-order valence-corrected chi connectivity index (χ4v) is 4.47. The number of hydrogen-bond acceptors (Lipinski definition) is 7. The molecule has 7 heteroatoms. The Kier molecular flexibility index (Phi) is 6.23. The molecule has 2 aliphatic heterocycles. The molecule has 0 bridgehead atoms. The van der Waals surface area contributed by atoms with Crippen LogP contribution in [-0.2, 0) is 4.74 Å². The molecule has 2 fully saturated rings. The third-order valence-electron chi connectivity index (χ3n) is 6.33. The topological polar surface area (TPSA) is 78.3 Å². The number of fused-ring (bicyclic) bond motifs is 1. The number of aliphatic hydroxyl groups is 1. The molecule has 0 saturated carbocycles. The second-order valence-electron chi connectivity index (χ2n) is 8.62. The van der Waals surface area contributed by atoms with Crippen LogP contribution in [0.4, 0.5) is 0 Å². The Hall–Kier alpha value is -2.71. The quantitative estimate of drug-likeness (QED) is 0.590. The molecule has 1 unspecified atom stereocenters. The summed E-state index contributed by atoms with van der Waals surface area (Å²) in [5, 5.41) is 22.6. The van der Waals surface area contributed by atoms with E-state index in [1.54, 1.807) is 12.3 Å². The Bertz CT molecular complexity index is 1060. The second kappa shape index (κ2) is 9.42. The zero-order chi connectivity index (χ0) is 21.9. The van der Waals surface area contributed by atoms with Crippen molar-refractivity contribution in [3.63, 3.8) is 0 Å². The summed E-state index contributed by atoms with van der Waals surface area (Å²) in [6, 6.07) is 14.3. The summed E-state index contributed by atoms with van der Waals surface area (Å²) in [6.07, 6.45) is 2.59. The van der Waals surface area contributed by atoms with Crippen LogP contribution in [0.15, 0.2) is 54.9 Å². The molecule has 0 amide bonds. The summed E-state index contributed by atoms with van der Waals surface area (Å²) >= 11 is 0. The van der Waals surface area contributed by atoms with Gasteiger partial charge in [0.1, 0.15) is 24.2 Å². The summed E-state index contributed by atoms with van der Waals surface area (Å²) in [6.45, 7) is 6.49. The van der Waals surface area contributed by atoms with Crippen LogP contribution in [0.2, 0.25) is 0 Å². The van der Waals surface area contributed by atoms with Gasteiger partial charge in [-0.3, -0.25) is 14.8 Å². The van der Waals surface area contributed by atoms with Crippen molar-refractivity contribution in [1.29, 1.82) is 0 Å². The van der Waals surface area contributed by atoms with Gasteiger partial charge in [-0.15, -0.1) is 0 Å². The monoisotopic (exact) mass is 435 g/mol. The van der Waals surface area contributed by atoms with Crippen LogP contribution in [0, 0.1) is 0 Å². The number of aliphatic hydroxyl groups excluding tert-OH is 1. The predicted molar refractivity (Wildman–Crippen MR) is 123 cm³/mol. The van der Waals surface area contributed by atoms with Gasteiger partial charge >= 0.3 is 0 Å². The summed E-state index contributed by atoms with van der Waals surface area (Å²) in [5.74, 6) is 0.814. The average molecular weight is 436 g/mol. The molecular weight excluding hydrogens is 406 g/mol. The van der Waals surface area contributed by atoms with Crippen molar-refractivity contribution < 1.29 is 19.7 Å². The SMILES string of the molecule is Oc1cncc(-c2cc(OCC(O)CN3CCN(C4COC4)CC3)cc3ccccc23)c1. The molecule has 1 atom stereocenters. The van der Waals surface area contributed by atoms with Crippen LogP contribution in [0.1, 0.15) is 0 Å². The molecule has 7 nitrogen and oxygen atoms in total. The molecule has 2 saturated heterocycles. The van der Waals surface area contributed by atoms with Crippen molar-refractivity contribution in [2.24, 2.45) is 0 Å². The van der Waals surface area contributed by atoms with Crippen molar-refractivity contribution in [3.8, 4) is 22.6 Å². The van der Waals surface area contributed by atoms with Crippen LogP contribution in [-0.4, -0.2) is 89.7 Å². The maximum Gasteiger partial charge on any atom is 0.134 e. The Labute approximate surface area is 187 Å². The zero-order valence-corrected chi connectivity index (χ0v) is 18.1. The molecule has 2 aromatic carbocycles. The van der Waals surface area contributed by atoms with Crippen molar-refractivity contribution in [2.75, 3.05) is 52.5 Å². The van der Waals surface area contributed by atoms with Crippen molar-refractivity contribution in [2.45, 2.75) is 12.1 Å². The first-order valence-electron chi connectivity index (χ1n) is 11.2. The molecular formula is C25H29N3O4. The number of hydrogen-bond donors (Lipinski definition) is 2. The van der Waals surface area contributed by atoms with Gasteiger partial charge in [0, 0.05) is 44.5 Å². The number of benzene rings is 2. The first-order valence-corrected chi connectivity index (χ1v) is 11.2. The second-order valence-corrected chi connectivity index (χ2v) is 8.62. The molecule has 0 aliphatic carbocycles. The third kappa shape index (κ3) is 4.71. The lowest BCUT2D eigenvalue weighted by molar-refractivity contribution is -0.0793. The largest absolute Gasteiger partial charge is 0.506 e. The van der Waals surface area contributed by atoms with Gasteiger partial charge in [0.15, 0.2) is 0 Å². The molecule has 0 radical (unpaired) electrons. The fourth-order valence-electron chi connectivity index (χ4n) is 4.47. The summed E-state index contributed by atoms with van der Waals surface area (Å²) in [7, 11) is 0. The Balaban J connectivity index is 1.23. The van der Waals surface area contributed by atoms with Crippen LogP contribution in [0.3, 0.4) is 0 Å². The van der Waals surface area contributed by atoms with E-state index in [-0.39, 0.29) is 12.4 Å². The van der Waals surface area contributed by atoms with E-state index in [0.29, 0.717) is 18.3 Å². The molecule has 1 aromatic heterocycles. The average Bonchev–Trinajstić information content (AvgIpc) is 2.77. The maximum absolute atomic E-state index is 10.6. The Morgan fingerprint density at radius 2 is 1.88 bits per heavy atom. The zero-order valence-electron chi connectivity index (χ0n) is 18.1. The number of ether oxygens (including phenoxy) is 2. The van der Waals surface area contributed by atoms with Crippen molar-refractivity contribution >= 4 is 10.8 Å². The van der Waals surface area contributed by atoms with E-state index in [4.69, 9.17) is 9.47 Å². The molecule has 32 heavy (non-hydrogen) atoms. The lowest BCUT2D eigenvalue weighted by atomic mass is 9.99. The van der Waals surface area contributed by atoms with E-state index >= 15 is 0 Å². The Morgan fingerprint density at radius 1 is 1.06 bits per heavy atom. The Morgan fingerprint density at radius 3 is 2.62 bits per heavy atom. The minimum absolute atomic E-state index is 0.123. The highest BCUT2D eigenvalue weighted by molar-refractivity contribution is 5.97. The number of piperazine rings is 1. The van der Waals surface area contributed by atoms with Gasteiger partial charge in [-0.25, -0.2) is 0 Å². The minimum atomic E-state index is -0.564. The van der Waals surface area contributed by atoms with Crippen LogP contribution in [0.5, 0.6) is 11.5 Å². The van der Waals surface area contributed by atoms with E-state index in [1.807, 2.05) is 36.4 Å². The van der Waals surface area contributed by atoms with Gasteiger partial charge in [0.2, 0.25) is 0 Å². The van der Waals surface area contributed by atoms with Gasteiger partial charge in [-0.2, -0.15) is 0 Å². The molecule has 5 rings (SSSR count). The van der Waals surface area contributed by atoms with E-state index in [9.17, 15) is 10.2 Å². The fraction of sp³-hybridized carbons (Fsp3) is 0.400. The number of pyridine rings is 1. The van der Waals surface area contributed by atoms with Crippen molar-refractivity contribution in [3.05, 3.63) is 54.9 Å². The third-order valence-corrected chi connectivity index (χ3v) is 6.33. The predicted octanol–water partition coefficient (Wildman–Crippen LogP) is 2.36. The molecule has 2 N–H and O–H groups in total. The molecule has 3 aromatic rings. The lowest BCUT2D eigenvalue weighted by Crippen LogP contribution is -2.57. The molecule has 0 spiro atoms. The minimum Gasteiger partial charge on any atom is -0.506 e. The highest BCUT2D eigenvalue weighted by Gasteiger charge is 2.29. The standard InChI is InChI=1S/C25H29N3O4/c29-21-9-19(12-26-13-21)25-11-23(10-18-3-1-2-4-24(18)25)32-17-22(30)14-27-5-7-28(8-6-27)20-15-31-16-20/h1-4,9-13,20,22,29-30H,5-8,14-17H2. The van der Waals surface area contributed by atoms with E-state index < -0.39 is 6.10 Å². The van der Waals surface area contributed by atoms with E-state index in [2.05, 4.69) is 14.8 Å². The molecule has 168 valence electrons. The van der Waals surface area contributed by atoms with Gasteiger partial charge in [-0.1, -0.05) is 24.3 Å². The van der Waals surface area contributed by atoms with E-state index in [1.165, 1.54) is 6.20 Å². The van der Waals surface area contributed by atoms with Gasteiger partial charge in [-0.05, 0) is 34.5 Å². The number of β-amino-alcohol motifs (C(OH)–C–C–N with tert-alkyl or cyclic N) is 1. The normalized spacial score (nSPS) is 19.0. The number of nitrogens with zero attached hydrogens (tertiary/aromatic N) is 3. The summed E-state index contributed by atoms with van der Waals surface area (Å²) in [5.41, 5.74) is 1.76. The van der Waals surface area contributed by atoms with E-state index in [0.717, 1.165) is 61.3 Å². The summed E-state index contributed by atoms with van der Waals surface area (Å²) < 4.78 is 11.3. The lowest BCUT2D eigenvalue weighted by Gasteiger charge is -2.42. The number of aromatic nitrogens is 1.